The standard InChI is InChI=1S/C26H29N3/c27-18-24(17-20-7-2-1-3-8-20)26(28)22-13-15-29(16-14-22)19-23-11-6-10-21-9-4-5-12-25(21)23/h1-12,18,22,27H,13-17,19,28H2/b26-24-,27-18?. The first-order valence-corrected chi connectivity index (χ1v) is 10.5. The second-order valence-corrected chi connectivity index (χ2v) is 7.98. The third-order valence-corrected chi connectivity index (χ3v) is 6.08. The number of hydrogen-bond donors (Lipinski definition) is 2. The van der Waals surface area contributed by atoms with Crippen molar-refractivity contribution in [2.45, 2.75) is 25.8 Å². The maximum Gasteiger partial charge on any atom is 0.0239 e. The topological polar surface area (TPSA) is 53.1 Å². The molecule has 0 saturated carbocycles. The lowest BCUT2D eigenvalue weighted by atomic mass is 9.89. The van der Waals surface area contributed by atoms with E-state index < -0.39 is 0 Å². The van der Waals surface area contributed by atoms with Gasteiger partial charge in [0, 0.05) is 30.8 Å². The highest BCUT2D eigenvalue weighted by atomic mass is 15.1. The molecule has 3 N–H and O–H groups in total. The second kappa shape index (κ2) is 9.06. The Morgan fingerprint density at radius 3 is 2.38 bits per heavy atom. The molecule has 0 aliphatic carbocycles. The zero-order valence-corrected chi connectivity index (χ0v) is 16.9. The monoisotopic (exact) mass is 383 g/mol. The number of piperidine rings is 1. The zero-order valence-electron chi connectivity index (χ0n) is 16.9. The minimum absolute atomic E-state index is 0.374. The molecule has 0 bridgehead atoms. The van der Waals surface area contributed by atoms with Crippen molar-refractivity contribution in [3.8, 4) is 0 Å². The van der Waals surface area contributed by atoms with E-state index >= 15 is 0 Å². The van der Waals surface area contributed by atoms with Gasteiger partial charge < -0.3 is 11.1 Å². The van der Waals surface area contributed by atoms with Gasteiger partial charge in [0.1, 0.15) is 0 Å². The number of nitrogens with one attached hydrogen (secondary N) is 1. The number of hydrogen-bond acceptors (Lipinski definition) is 3. The Hall–Kier alpha value is -2.91. The number of rotatable bonds is 6. The van der Waals surface area contributed by atoms with Crippen molar-refractivity contribution in [2.24, 2.45) is 11.7 Å². The molecule has 0 atom stereocenters. The third kappa shape index (κ3) is 4.57. The first kappa shape index (κ1) is 19.4. The maximum atomic E-state index is 7.85. The molecule has 3 aromatic carbocycles. The van der Waals surface area contributed by atoms with E-state index in [-0.39, 0.29) is 0 Å². The summed E-state index contributed by atoms with van der Waals surface area (Å²) in [6.45, 7) is 3.08. The fourth-order valence-electron chi connectivity index (χ4n) is 4.39. The number of fused-ring (bicyclic) bond motifs is 1. The summed E-state index contributed by atoms with van der Waals surface area (Å²) in [7, 11) is 0. The van der Waals surface area contributed by atoms with Gasteiger partial charge in [-0.3, -0.25) is 4.90 Å². The molecule has 29 heavy (non-hydrogen) atoms. The molecule has 0 amide bonds. The van der Waals surface area contributed by atoms with Crippen molar-refractivity contribution in [1.82, 2.24) is 4.90 Å². The van der Waals surface area contributed by atoms with Crippen LogP contribution in [0, 0.1) is 11.3 Å². The molecule has 3 nitrogen and oxygen atoms in total. The highest BCUT2D eigenvalue weighted by molar-refractivity contribution is 5.85. The number of allylic oxidation sites excluding steroid dienone is 2. The van der Waals surface area contributed by atoms with E-state index in [2.05, 4.69) is 59.5 Å². The van der Waals surface area contributed by atoms with Crippen molar-refractivity contribution in [3.05, 3.63) is 95.2 Å². The third-order valence-electron chi connectivity index (χ3n) is 6.08. The van der Waals surface area contributed by atoms with Crippen LogP contribution in [0.3, 0.4) is 0 Å². The fourth-order valence-corrected chi connectivity index (χ4v) is 4.39. The maximum absolute atomic E-state index is 7.85. The van der Waals surface area contributed by atoms with Gasteiger partial charge in [0.05, 0.1) is 0 Å². The van der Waals surface area contributed by atoms with Gasteiger partial charge in [0.2, 0.25) is 0 Å². The average Bonchev–Trinajstić information content (AvgIpc) is 2.78. The highest BCUT2D eigenvalue weighted by Crippen LogP contribution is 2.27. The molecule has 1 aliphatic rings. The van der Waals surface area contributed by atoms with Gasteiger partial charge in [0.15, 0.2) is 0 Å². The van der Waals surface area contributed by atoms with Crippen LogP contribution in [0.5, 0.6) is 0 Å². The minimum atomic E-state index is 0.374. The number of likely N-dealkylation sites (tertiary alicyclic amines) is 1. The highest BCUT2D eigenvalue weighted by Gasteiger charge is 2.23. The first-order chi connectivity index (χ1) is 14.2. The molecular formula is C26H29N3. The number of nitrogens with zero attached hydrogens (tertiary/aromatic N) is 1. The van der Waals surface area contributed by atoms with Crippen LogP contribution in [0.15, 0.2) is 84.1 Å². The van der Waals surface area contributed by atoms with E-state index in [0.29, 0.717) is 5.92 Å². The Bertz CT molecular complexity index is 993. The summed E-state index contributed by atoms with van der Waals surface area (Å²) in [5.74, 6) is 0.374. The lowest BCUT2D eigenvalue weighted by Gasteiger charge is -2.33. The molecule has 3 aromatic rings. The summed E-state index contributed by atoms with van der Waals surface area (Å²) in [6.07, 6.45) is 4.31. The lowest BCUT2D eigenvalue weighted by Crippen LogP contribution is -2.35. The first-order valence-electron chi connectivity index (χ1n) is 10.5. The molecule has 0 unspecified atom stereocenters. The van der Waals surface area contributed by atoms with Crippen molar-refractivity contribution in [1.29, 1.82) is 5.41 Å². The Morgan fingerprint density at radius 2 is 1.62 bits per heavy atom. The van der Waals surface area contributed by atoms with Crippen LogP contribution in [0.1, 0.15) is 24.0 Å². The molecule has 1 saturated heterocycles. The van der Waals surface area contributed by atoms with Gasteiger partial charge in [-0.25, -0.2) is 0 Å². The molecule has 4 rings (SSSR count). The van der Waals surface area contributed by atoms with Crippen LogP contribution in [0.2, 0.25) is 0 Å². The summed E-state index contributed by atoms with van der Waals surface area (Å²) < 4.78 is 0. The van der Waals surface area contributed by atoms with Gasteiger partial charge in [-0.2, -0.15) is 0 Å². The van der Waals surface area contributed by atoms with E-state index in [0.717, 1.165) is 50.2 Å². The van der Waals surface area contributed by atoms with Crippen molar-refractivity contribution < 1.29 is 0 Å². The van der Waals surface area contributed by atoms with Crippen LogP contribution in [-0.2, 0) is 13.0 Å². The minimum Gasteiger partial charge on any atom is -0.402 e. The summed E-state index contributed by atoms with van der Waals surface area (Å²) in [4.78, 5) is 2.53. The summed E-state index contributed by atoms with van der Waals surface area (Å²) in [6, 6.07) is 25.5. The summed E-state index contributed by atoms with van der Waals surface area (Å²) in [5, 5.41) is 10.5. The van der Waals surface area contributed by atoms with Crippen molar-refractivity contribution in [3.63, 3.8) is 0 Å². The number of nitrogens with two attached hydrogens (primary N) is 1. The second-order valence-electron chi connectivity index (χ2n) is 7.98. The van der Waals surface area contributed by atoms with E-state index in [1.54, 1.807) is 0 Å². The summed E-state index contributed by atoms with van der Waals surface area (Å²) >= 11 is 0. The van der Waals surface area contributed by atoms with E-state index in [9.17, 15) is 0 Å². The Labute approximate surface area is 173 Å². The normalized spacial score (nSPS) is 16.6. The van der Waals surface area contributed by atoms with Crippen LogP contribution in [0.25, 0.3) is 10.8 Å². The van der Waals surface area contributed by atoms with Crippen LogP contribution >= 0.6 is 0 Å². The zero-order chi connectivity index (χ0) is 20.1. The Kier molecular flexibility index (Phi) is 6.06. The molecule has 148 valence electrons. The molecular weight excluding hydrogens is 354 g/mol. The lowest BCUT2D eigenvalue weighted by molar-refractivity contribution is 0.191. The van der Waals surface area contributed by atoms with Gasteiger partial charge >= 0.3 is 0 Å². The smallest absolute Gasteiger partial charge is 0.0239 e. The number of benzene rings is 3. The predicted molar refractivity (Wildman–Crippen MR) is 122 cm³/mol. The molecule has 0 aromatic heterocycles. The van der Waals surface area contributed by atoms with Gasteiger partial charge in [0.25, 0.3) is 0 Å². The Balaban J connectivity index is 1.41. The quantitative estimate of drug-likeness (QED) is 0.578. The molecule has 1 heterocycles. The van der Waals surface area contributed by atoms with Gasteiger partial charge in [-0.1, -0.05) is 72.8 Å². The van der Waals surface area contributed by atoms with Crippen molar-refractivity contribution in [2.75, 3.05) is 13.1 Å². The van der Waals surface area contributed by atoms with Gasteiger partial charge in [-0.05, 0) is 53.4 Å². The largest absolute Gasteiger partial charge is 0.402 e. The van der Waals surface area contributed by atoms with Crippen LogP contribution in [0.4, 0.5) is 0 Å². The summed E-state index contributed by atoms with van der Waals surface area (Å²) in [5.41, 5.74) is 11.0. The average molecular weight is 384 g/mol. The van der Waals surface area contributed by atoms with Crippen LogP contribution in [-0.4, -0.2) is 24.2 Å². The van der Waals surface area contributed by atoms with E-state index in [4.69, 9.17) is 11.1 Å². The van der Waals surface area contributed by atoms with E-state index in [1.807, 2.05) is 18.2 Å². The molecule has 0 spiro atoms. The molecule has 1 aliphatic heterocycles. The van der Waals surface area contributed by atoms with Crippen LogP contribution < -0.4 is 5.73 Å². The fraction of sp³-hybridized carbons (Fsp3) is 0.269. The predicted octanol–water partition coefficient (Wildman–Crippen LogP) is 5.16. The van der Waals surface area contributed by atoms with Crippen molar-refractivity contribution >= 4 is 17.0 Å². The van der Waals surface area contributed by atoms with E-state index in [1.165, 1.54) is 28.1 Å². The Morgan fingerprint density at radius 1 is 0.931 bits per heavy atom. The molecule has 0 radical (unpaired) electrons. The SMILES string of the molecule is N=C/C(Cc1ccccc1)=C(\N)C1CCN(Cc2cccc3ccccc23)CC1. The van der Waals surface area contributed by atoms with Gasteiger partial charge in [-0.15, -0.1) is 0 Å². The molecule has 1 fully saturated rings. The molecule has 3 heteroatoms.